The van der Waals surface area contributed by atoms with E-state index in [0.29, 0.717) is 13.2 Å². The van der Waals surface area contributed by atoms with Gasteiger partial charge in [0, 0.05) is 26.8 Å². The third-order valence-corrected chi connectivity index (χ3v) is 2.96. The van der Waals surface area contributed by atoms with Crippen LogP contribution in [0.2, 0.25) is 0 Å². The first-order valence-electron chi connectivity index (χ1n) is 7.49. The lowest BCUT2D eigenvalue weighted by Crippen LogP contribution is -2.39. The number of rotatable bonds is 9. The van der Waals surface area contributed by atoms with Crippen molar-refractivity contribution in [3.63, 3.8) is 0 Å². The first-order valence-corrected chi connectivity index (χ1v) is 7.49. The standard InChI is InChI=1S/C16H27N3O2.HI/c1-4-17-16(18-11-12-21-5-2)19-13-15(20-3)14-9-7-6-8-10-14;/h6-10,15H,4-5,11-13H2,1-3H3,(H2,17,18,19);1H. The van der Waals surface area contributed by atoms with Gasteiger partial charge in [-0.2, -0.15) is 0 Å². The summed E-state index contributed by atoms with van der Waals surface area (Å²) in [6.07, 6.45) is -0.0338. The van der Waals surface area contributed by atoms with Gasteiger partial charge in [-0.3, -0.25) is 4.99 Å². The number of benzene rings is 1. The summed E-state index contributed by atoms with van der Waals surface area (Å²) < 4.78 is 10.8. The van der Waals surface area contributed by atoms with Gasteiger partial charge in [-0.15, -0.1) is 24.0 Å². The van der Waals surface area contributed by atoms with E-state index in [9.17, 15) is 0 Å². The summed E-state index contributed by atoms with van der Waals surface area (Å²) in [5.74, 6) is 0.787. The summed E-state index contributed by atoms with van der Waals surface area (Å²) in [5.41, 5.74) is 1.13. The molecule has 1 unspecified atom stereocenters. The molecule has 0 aromatic heterocycles. The zero-order chi connectivity index (χ0) is 15.3. The van der Waals surface area contributed by atoms with Gasteiger partial charge in [0.15, 0.2) is 5.96 Å². The molecule has 22 heavy (non-hydrogen) atoms. The second kappa shape index (κ2) is 13.8. The van der Waals surface area contributed by atoms with Crippen molar-refractivity contribution in [2.24, 2.45) is 4.99 Å². The predicted octanol–water partition coefficient (Wildman–Crippen LogP) is 2.58. The Balaban J connectivity index is 0.00000441. The Hall–Kier alpha value is -0.860. The van der Waals surface area contributed by atoms with Crippen molar-refractivity contribution < 1.29 is 9.47 Å². The first-order chi connectivity index (χ1) is 10.3. The zero-order valence-electron chi connectivity index (χ0n) is 13.7. The van der Waals surface area contributed by atoms with Crippen LogP contribution in [0.25, 0.3) is 0 Å². The van der Waals surface area contributed by atoms with E-state index >= 15 is 0 Å². The van der Waals surface area contributed by atoms with Crippen LogP contribution < -0.4 is 10.6 Å². The smallest absolute Gasteiger partial charge is 0.191 e. The van der Waals surface area contributed by atoms with Crippen LogP contribution in [-0.2, 0) is 9.47 Å². The minimum atomic E-state index is -0.0338. The molecule has 1 atom stereocenters. The molecular formula is C16H28IN3O2. The largest absolute Gasteiger partial charge is 0.380 e. The average molecular weight is 421 g/mol. The minimum absolute atomic E-state index is 0. The van der Waals surface area contributed by atoms with Crippen LogP contribution in [0.4, 0.5) is 0 Å². The molecular weight excluding hydrogens is 393 g/mol. The molecule has 0 bridgehead atoms. The Bertz CT molecular complexity index is 402. The van der Waals surface area contributed by atoms with Gasteiger partial charge in [-0.1, -0.05) is 30.3 Å². The Kier molecular flexibility index (Phi) is 13.2. The van der Waals surface area contributed by atoms with Gasteiger partial charge in [-0.25, -0.2) is 0 Å². The fraction of sp³-hybridized carbons (Fsp3) is 0.562. The van der Waals surface area contributed by atoms with E-state index in [-0.39, 0.29) is 30.1 Å². The molecule has 0 amide bonds. The van der Waals surface area contributed by atoms with Crippen molar-refractivity contribution in [2.75, 3.05) is 40.0 Å². The lowest BCUT2D eigenvalue weighted by Gasteiger charge is -2.16. The van der Waals surface area contributed by atoms with Crippen molar-refractivity contribution in [2.45, 2.75) is 20.0 Å². The lowest BCUT2D eigenvalue weighted by molar-refractivity contribution is 0.111. The molecule has 5 nitrogen and oxygen atoms in total. The number of nitrogens with one attached hydrogen (secondary N) is 2. The van der Waals surface area contributed by atoms with Crippen LogP contribution in [0, 0.1) is 0 Å². The van der Waals surface area contributed by atoms with Crippen molar-refractivity contribution in [1.29, 1.82) is 0 Å². The molecule has 1 aromatic carbocycles. The van der Waals surface area contributed by atoms with Gasteiger partial charge in [0.05, 0.1) is 13.2 Å². The van der Waals surface area contributed by atoms with Gasteiger partial charge in [-0.05, 0) is 19.4 Å². The van der Waals surface area contributed by atoms with E-state index in [4.69, 9.17) is 9.47 Å². The highest BCUT2D eigenvalue weighted by molar-refractivity contribution is 14.0. The van der Waals surface area contributed by atoms with Crippen LogP contribution in [0.15, 0.2) is 35.3 Å². The number of ether oxygens (including phenoxy) is 2. The normalized spacial score (nSPS) is 12.4. The van der Waals surface area contributed by atoms with Gasteiger partial charge in [0.1, 0.15) is 6.10 Å². The summed E-state index contributed by atoms with van der Waals surface area (Å²) in [5, 5.41) is 6.46. The Morgan fingerprint density at radius 2 is 1.91 bits per heavy atom. The molecule has 6 heteroatoms. The van der Waals surface area contributed by atoms with E-state index in [2.05, 4.69) is 27.8 Å². The molecule has 0 fully saturated rings. The molecule has 1 rings (SSSR count). The van der Waals surface area contributed by atoms with Gasteiger partial charge >= 0.3 is 0 Å². The molecule has 0 saturated heterocycles. The van der Waals surface area contributed by atoms with Gasteiger partial charge < -0.3 is 20.1 Å². The molecule has 126 valence electrons. The lowest BCUT2D eigenvalue weighted by atomic mass is 10.1. The number of guanidine groups is 1. The second-order valence-electron chi connectivity index (χ2n) is 4.48. The fourth-order valence-electron chi connectivity index (χ4n) is 1.89. The van der Waals surface area contributed by atoms with Crippen molar-refractivity contribution in [3.8, 4) is 0 Å². The monoisotopic (exact) mass is 421 g/mol. The quantitative estimate of drug-likeness (QED) is 0.279. The van der Waals surface area contributed by atoms with Crippen LogP contribution in [0.3, 0.4) is 0 Å². The van der Waals surface area contributed by atoms with E-state index in [1.807, 2.05) is 32.0 Å². The molecule has 0 aliphatic carbocycles. The van der Waals surface area contributed by atoms with Crippen LogP contribution in [-0.4, -0.2) is 45.9 Å². The number of aliphatic imine (C=N–C) groups is 1. The average Bonchev–Trinajstić information content (AvgIpc) is 2.53. The molecule has 0 heterocycles. The van der Waals surface area contributed by atoms with Crippen molar-refractivity contribution in [1.82, 2.24) is 10.6 Å². The van der Waals surface area contributed by atoms with Gasteiger partial charge in [0.2, 0.25) is 0 Å². The van der Waals surface area contributed by atoms with E-state index < -0.39 is 0 Å². The summed E-state index contributed by atoms with van der Waals surface area (Å²) in [7, 11) is 1.71. The van der Waals surface area contributed by atoms with E-state index in [0.717, 1.165) is 31.2 Å². The Labute approximate surface area is 150 Å². The van der Waals surface area contributed by atoms with Crippen LogP contribution in [0.5, 0.6) is 0 Å². The zero-order valence-corrected chi connectivity index (χ0v) is 16.0. The predicted molar refractivity (Wildman–Crippen MR) is 102 cm³/mol. The SMILES string of the molecule is CCNC(=NCC(OC)c1ccccc1)NCCOCC.I. The number of hydrogen-bond acceptors (Lipinski definition) is 3. The highest BCUT2D eigenvalue weighted by Crippen LogP contribution is 2.16. The van der Waals surface area contributed by atoms with E-state index in [1.54, 1.807) is 7.11 Å². The summed E-state index contributed by atoms with van der Waals surface area (Å²) in [4.78, 5) is 4.57. The number of hydrogen-bond donors (Lipinski definition) is 2. The minimum Gasteiger partial charge on any atom is -0.380 e. The third-order valence-electron chi connectivity index (χ3n) is 2.96. The first kappa shape index (κ1) is 21.1. The molecule has 0 aliphatic heterocycles. The highest BCUT2D eigenvalue weighted by atomic mass is 127. The van der Waals surface area contributed by atoms with Crippen LogP contribution >= 0.6 is 24.0 Å². The summed E-state index contributed by atoms with van der Waals surface area (Å²) in [6.45, 7) is 7.58. The highest BCUT2D eigenvalue weighted by Gasteiger charge is 2.09. The number of methoxy groups -OCH3 is 1. The molecule has 0 aliphatic rings. The van der Waals surface area contributed by atoms with Crippen molar-refractivity contribution in [3.05, 3.63) is 35.9 Å². The molecule has 0 spiro atoms. The van der Waals surface area contributed by atoms with Crippen molar-refractivity contribution >= 4 is 29.9 Å². The maximum absolute atomic E-state index is 5.52. The maximum atomic E-state index is 5.52. The number of halogens is 1. The van der Waals surface area contributed by atoms with Crippen LogP contribution in [0.1, 0.15) is 25.5 Å². The van der Waals surface area contributed by atoms with Gasteiger partial charge in [0.25, 0.3) is 0 Å². The summed E-state index contributed by atoms with van der Waals surface area (Å²) in [6, 6.07) is 10.1. The summed E-state index contributed by atoms with van der Waals surface area (Å²) >= 11 is 0. The number of nitrogens with zero attached hydrogens (tertiary/aromatic N) is 1. The van der Waals surface area contributed by atoms with E-state index in [1.165, 1.54) is 0 Å². The molecule has 0 radical (unpaired) electrons. The fourth-order valence-corrected chi connectivity index (χ4v) is 1.89. The molecule has 0 saturated carbocycles. The Morgan fingerprint density at radius 1 is 1.18 bits per heavy atom. The molecule has 2 N–H and O–H groups in total. The third kappa shape index (κ3) is 8.55. The Morgan fingerprint density at radius 3 is 2.50 bits per heavy atom. The topological polar surface area (TPSA) is 54.9 Å². The molecule has 1 aromatic rings. The second-order valence-corrected chi connectivity index (χ2v) is 4.48. The maximum Gasteiger partial charge on any atom is 0.191 e.